The number of hydrogen-bond donors (Lipinski definition) is 6. The van der Waals surface area contributed by atoms with E-state index in [1.165, 1.54) is 17.3 Å². The Morgan fingerprint density at radius 3 is 2.36 bits per heavy atom. The number of carbonyl (C=O) groups excluding carboxylic acids is 4. The maximum atomic E-state index is 13.0. The fraction of sp³-hybridized carbons (Fsp3) is 0.545. The Morgan fingerprint density at radius 2 is 1.76 bits per heavy atom. The van der Waals surface area contributed by atoms with Crippen molar-refractivity contribution in [3.05, 3.63) is 24.3 Å². The van der Waals surface area contributed by atoms with Crippen molar-refractivity contribution in [2.75, 3.05) is 24.1 Å². The van der Waals surface area contributed by atoms with Gasteiger partial charge in [0.25, 0.3) is 5.91 Å². The molecule has 0 saturated carbocycles. The topological polar surface area (TPSA) is 166 Å². The second-order valence-electron chi connectivity index (χ2n) is 8.62. The molecule has 2 rings (SSSR count). The second-order valence-corrected chi connectivity index (χ2v) is 8.62. The number of nitrogens with two attached hydrogens (primary N) is 1. The van der Waals surface area contributed by atoms with Gasteiger partial charge in [0.1, 0.15) is 18.1 Å². The Kier molecular flexibility index (Phi) is 9.46. The number of anilines is 2. The maximum absolute atomic E-state index is 13.0. The summed E-state index contributed by atoms with van der Waals surface area (Å²) in [5, 5.41) is 17.0. The minimum atomic E-state index is -0.974. The third kappa shape index (κ3) is 7.63. The van der Waals surface area contributed by atoms with Crippen LogP contribution in [0.25, 0.3) is 0 Å². The van der Waals surface area contributed by atoms with Crippen LogP contribution in [0, 0.1) is 5.92 Å². The highest BCUT2D eigenvalue weighted by Gasteiger charge is 2.36. The SMILES string of the molecule is CC(C)C[C@@H](NC(=O)[C@@H]1CCCN1C(=O)CNc1ccc(N)cc1)C(=O)N[C@@H](C)C(=O)NO. The Morgan fingerprint density at radius 1 is 1.09 bits per heavy atom. The van der Waals surface area contributed by atoms with Gasteiger partial charge in [0.2, 0.25) is 17.7 Å². The van der Waals surface area contributed by atoms with Crippen molar-refractivity contribution in [1.82, 2.24) is 21.0 Å². The number of benzene rings is 1. The average Bonchev–Trinajstić information content (AvgIpc) is 3.27. The van der Waals surface area contributed by atoms with Gasteiger partial charge in [-0.25, -0.2) is 5.48 Å². The molecule has 0 unspecified atom stereocenters. The highest BCUT2D eigenvalue weighted by Crippen LogP contribution is 2.19. The first kappa shape index (κ1) is 25.9. The van der Waals surface area contributed by atoms with E-state index in [1.807, 2.05) is 13.8 Å². The smallest absolute Gasteiger partial charge is 0.265 e. The molecule has 1 aliphatic rings. The number of rotatable bonds is 10. The normalized spacial score (nSPS) is 17.2. The lowest BCUT2D eigenvalue weighted by Gasteiger charge is -2.27. The number of nitrogens with zero attached hydrogens (tertiary/aromatic N) is 1. The zero-order valence-electron chi connectivity index (χ0n) is 19.3. The van der Waals surface area contributed by atoms with E-state index < -0.39 is 35.8 Å². The van der Waals surface area contributed by atoms with Gasteiger partial charge in [0.15, 0.2) is 0 Å². The average molecular weight is 463 g/mol. The molecule has 0 spiro atoms. The predicted molar refractivity (Wildman–Crippen MR) is 123 cm³/mol. The first-order chi connectivity index (χ1) is 15.6. The van der Waals surface area contributed by atoms with Crippen molar-refractivity contribution in [2.45, 2.75) is 58.2 Å². The van der Waals surface area contributed by atoms with Gasteiger partial charge < -0.3 is 26.6 Å². The van der Waals surface area contributed by atoms with Crippen molar-refractivity contribution in [3.8, 4) is 0 Å². The number of hydrogen-bond acceptors (Lipinski definition) is 7. The summed E-state index contributed by atoms with van der Waals surface area (Å²) in [6, 6.07) is 4.46. The summed E-state index contributed by atoms with van der Waals surface area (Å²) in [6.07, 6.45) is 1.53. The first-order valence-corrected chi connectivity index (χ1v) is 11.1. The maximum Gasteiger partial charge on any atom is 0.265 e. The third-order valence-electron chi connectivity index (χ3n) is 5.43. The van der Waals surface area contributed by atoms with E-state index in [0.717, 1.165) is 5.69 Å². The molecule has 182 valence electrons. The van der Waals surface area contributed by atoms with Gasteiger partial charge in [-0.2, -0.15) is 0 Å². The van der Waals surface area contributed by atoms with Gasteiger partial charge in [0, 0.05) is 17.9 Å². The molecule has 0 bridgehead atoms. The molecule has 1 aliphatic heterocycles. The van der Waals surface area contributed by atoms with Gasteiger partial charge >= 0.3 is 0 Å². The summed E-state index contributed by atoms with van der Waals surface area (Å²) in [4.78, 5) is 51.5. The summed E-state index contributed by atoms with van der Waals surface area (Å²) in [6.45, 7) is 5.71. The molecule has 11 heteroatoms. The van der Waals surface area contributed by atoms with Crippen molar-refractivity contribution in [3.63, 3.8) is 0 Å². The lowest BCUT2D eigenvalue weighted by atomic mass is 10.0. The zero-order chi connectivity index (χ0) is 24.5. The molecule has 3 atom stereocenters. The van der Waals surface area contributed by atoms with Crippen LogP contribution in [-0.2, 0) is 19.2 Å². The number of nitrogen functional groups attached to an aromatic ring is 1. The molecule has 4 amide bonds. The van der Waals surface area contributed by atoms with Crippen LogP contribution in [0.5, 0.6) is 0 Å². The van der Waals surface area contributed by atoms with Gasteiger partial charge in [0.05, 0.1) is 6.54 Å². The molecule has 0 aromatic heterocycles. The van der Waals surface area contributed by atoms with E-state index in [-0.39, 0.29) is 18.4 Å². The zero-order valence-corrected chi connectivity index (χ0v) is 19.3. The standard InChI is InChI=1S/C22H34N6O5/c1-13(2)11-17(21(31)25-14(3)20(30)27-33)26-22(32)18-5-4-10-28(18)19(29)12-24-16-8-6-15(23)7-9-16/h6-9,13-14,17-18,24,33H,4-5,10-12,23H2,1-3H3,(H,25,31)(H,26,32)(H,27,30)/t14-,17+,18-/m0/s1. The fourth-order valence-corrected chi connectivity index (χ4v) is 3.67. The molecular weight excluding hydrogens is 428 g/mol. The molecule has 7 N–H and O–H groups in total. The molecule has 1 heterocycles. The Hall–Kier alpha value is -3.34. The second kappa shape index (κ2) is 12.0. The molecule has 1 saturated heterocycles. The Labute approximate surface area is 193 Å². The van der Waals surface area contributed by atoms with E-state index in [1.54, 1.807) is 24.3 Å². The fourth-order valence-electron chi connectivity index (χ4n) is 3.67. The van der Waals surface area contributed by atoms with Crippen molar-refractivity contribution < 1.29 is 24.4 Å². The van der Waals surface area contributed by atoms with Gasteiger partial charge in [-0.15, -0.1) is 0 Å². The van der Waals surface area contributed by atoms with Crippen molar-refractivity contribution in [1.29, 1.82) is 0 Å². The number of carbonyl (C=O) groups is 4. The summed E-state index contributed by atoms with van der Waals surface area (Å²) in [5.74, 6) is -1.84. The van der Waals surface area contributed by atoms with E-state index in [9.17, 15) is 19.2 Å². The number of amides is 4. The van der Waals surface area contributed by atoms with E-state index in [2.05, 4.69) is 16.0 Å². The van der Waals surface area contributed by atoms with Gasteiger partial charge in [-0.3, -0.25) is 24.4 Å². The molecule has 1 aromatic rings. The van der Waals surface area contributed by atoms with Crippen LogP contribution in [-0.4, -0.2) is 65.0 Å². The van der Waals surface area contributed by atoms with Crippen LogP contribution in [0.3, 0.4) is 0 Å². The highest BCUT2D eigenvalue weighted by molar-refractivity contribution is 5.94. The summed E-state index contributed by atoms with van der Waals surface area (Å²) < 4.78 is 0. The van der Waals surface area contributed by atoms with E-state index >= 15 is 0 Å². The molecule has 33 heavy (non-hydrogen) atoms. The van der Waals surface area contributed by atoms with Crippen LogP contribution in [0.4, 0.5) is 11.4 Å². The van der Waals surface area contributed by atoms with E-state index in [4.69, 9.17) is 10.9 Å². The molecule has 0 aliphatic carbocycles. The molecule has 11 nitrogen and oxygen atoms in total. The minimum absolute atomic E-state index is 0.0252. The Balaban J connectivity index is 1.99. The van der Waals surface area contributed by atoms with Crippen LogP contribution >= 0.6 is 0 Å². The minimum Gasteiger partial charge on any atom is -0.399 e. The summed E-state index contributed by atoms with van der Waals surface area (Å²) >= 11 is 0. The van der Waals surface area contributed by atoms with Crippen molar-refractivity contribution in [2.24, 2.45) is 5.92 Å². The van der Waals surface area contributed by atoms with Crippen LogP contribution < -0.4 is 27.2 Å². The predicted octanol–water partition coefficient (Wildman–Crippen LogP) is 0.213. The summed E-state index contributed by atoms with van der Waals surface area (Å²) in [5.41, 5.74) is 8.51. The van der Waals surface area contributed by atoms with Crippen LogP contribution in [0.1, 0.15) is 40.0 Å². The molecule has 1 aromatic carbocycles. The first-order valence-electron chi connectivity index (χ1n) is 11.1. The summed E-state index contributed by atoms with van der Waals surface area (Å²) in [7, 11) is 0. The number of likely N-dealkylation sites (tertiary alicyclic amines) is 1. The third-order valence-corrected chi connectivity index (χ3v) is 5.43. The van der Waals surface area contributed by atoms with Gasteiger partial charge in [-0.05, 0) is 56.4 Å². The lowest BCUT2D eigenvalue weighted by molar-refractivity contribution is -0.139. The molecule has 0 radical (unpaired) electrons. The Bertz CT molecular complexity index is 844. The van der Waals surface area contributed by atoms with E-state index in [0.29, 0.717) is 31.5 Å². The molecule has 1 fully saturated rings. The quantitative estimate of drug-likeness (QED) is 0.164. The van der Waals surface area contributed by atoms with Crippen molar-refractivity contribution >= 4 is 35.0 Å². The number of hydroxylamine groups is 1. The highest BCUT2D eigenvalue weighted by atomic mass is 16.5. The van der Waals surface area contributed by atoms with Crippen LogP contribution in [0.2, 0.25) is 0 Å². The van der Waals surface area contributed by atoms with Crippen LogP contribution in [0.15, 0.2) is 24.3 Å². The largest absolute Gasteiger partial charge is 0.399 e. The number of nitrogens with one attached hydrogen (secondary N) is 4. The molecular formula is C22H34N6O5. The monoisotopic (exact) mass is 462 g/mol. The lowest BCUT2D eigenvalue weighted by Crippen LogP contribution is -2.56. The van der Waals surface area contributed by atoms with Gasteiger partial charge in [-0.1, -0.05) is 13.8 Å².